The first-order chi connectivity index (χ1) is 16.9. The van der Waals surface area contributed by atoms with Crippen LogP contribution in [-0.4, -0.2) is 82.2 Å². The van der Waals surface area contributed by atoms with Gasteiger partial charge in [-0.1, -0.05) is 22.7 Å². The maximum atomic E-state index is 13.6. The number of carbonyl (C=O) groups excluding carboxylic acids is 2. The van der Waals surface area contributed by atoms with Crippen LogP contribution in [0.5, 0.6) is 0 Å². The number of aliphatic imine (C=N–C) groups is 1. The van der Waals surface area contributed by atoms with Crippen LogP contribution in [0.1, 0.15) is 49.9 Å². The Morgan fingerprint density at radius 2 is 1.91 bits per heavy atom. The Kier molecular flexibility index (Phi) is 6.57. The summed E-state index contributed by atoms with van der Waals surface area (Å²) in [7, 11) is 0. The van der Waals surface area contributed by atoms with E-state index in [0.29, 0.717) is 44.2 Å². The third kappa shape index (κ3) is 4.55. The molecule has 1 saturated heterocycles. The van der Waals surface area contributed by atoms with Crippen LogP contribution in [0.25, 0.3) is 0 Å². The van der Waals surface area contributed by atoms with Crippen molar-refractivity contribution in [1.82, 2.24) is 14.8 Å². The number of hydrogen-bond donors (Lipinski definition) is 1. The van der Waals surface area contributed by atoms with Crippen molar-refractivity contribution in [3.63, 3.8) is 0 Å². The Bertz CT molecular complexity index is 1130. The van der Waals surface area contributed by atoms with Gasteiger partial charge in [0.25, 0.3) is 5.91 Å². The van der Waals surface area contributed by atoms with E-state index in [1.54, 1.807) is 30.2 Å². The van der Waals surface area contributed by atoms with Crippen molar-refractivity contribution in [3.05, 3.63) is 51.7 Å². The van der Waals surface area contributed by atoms with E-state index in [-0.39, 0.29) is 23.7 Å². The Labute approximate surface area is 204 Å². The molecule has 1 N–H and O–H groups in total. The zero-order valence-corrected chi connectivity index (χ0v) is 20.2. The first kappa shape index (κ1) is 23.5. The molecule has 1 saturated carbocycles. The second kappa shape index (κ2) is 9.79. The summed E-state index contributed by atoms with van der Waals surface area (Å²) in [5, 5.41) is 3.02. The van der Waals surface area contributed by atoms with E-state index in [2.05, 4.69) is 20.2 Å². The number of nitrogens with one attached hydrogen (secondary N) is 1. The van der Waals surface area contributed by atoms with E-state index in [0.717, 1.165) is 47.2 Å². The van der Waals surface area contributed by atoms with Crippen molar-refractivity contribution in [2.24, 2.45) is 4.99 Å². The van der Waals surface area contributed by atoms with E-state index in [9.17, 15) is 14.5 Å². The monoisotopic (exact) mass is 479 g/mol. The number of guanidine groups is 1. The summed E-state index contributed by atoms with van der Waals surface area (Å²) in [6.07, 6.45) is 6.95. The summed E-state index contributed by atoms with van der Waals surface area (Å²) >= 11 is 0. The fourth-order valence-electron chi connectivity index (χ4n) is 5.35. The largest absolute Gasteiger partial charge is 0.435 e. The smallest absolute Gasteiger partial charge is 0.378 e. The van der Waals surface area contributed by atoms with Crippen LogP contribution in [0, 0.1) is 4.91 Å². The molecule has 0 radical (unpaired) electrons. The number of nitrogens with zero attached hydrogens (tertiary/aromatic N) is 5. The van der Waals surface area contributed by atoms with Gasteiger partial charge in [-0.05, 0) is 49.2 Å². The predicted octanol–water partition coefficient (Wildman–Crippen LogP) is 2.49. The standard InChI is InChI=1S/C25H30N6O4/c1-16-20-14-27-25(28-22-8-7-18(13-26-22)24(33)29-9-11-35-12-10-29)31(34)23(20)30(15-21(16)17(2)32)19-5-3-4-6-19/h7-8,13-14,19,23H,3-6,9-12,15H2,1-2H3/p+1. The molecule has 0 spiro atoms. The van der Waals surface area contributed by atoms with Gasteiger partial charge in [-0.3, -0.25) is 14.5 Å². The molecule has 4 aliphatic rings. The Balaban J connectivity index is 1.37. The van der Waals surface area contributed by atoms with Gasteiger partial charge in [0.05, 0.1) is 18.8 Å². The number of pyridine rings is 1. The summed E-state index contributed by atoms with van der Waals surface area (Å²) in [6.45, 7) is 6.15. The Morgan fingerprint density at radius 3 is 2.57 bits per heavy atom. The van der Waals surface area contributed by atoms with Gasteiger partial charge >= 0.3 is 5.96 Å². The number of morpholine rings is 1. The molecule has 1 atom stereocenters. The lowest BCUT2D eigenvalue weighted by Crippen LogP contribution is -2.55. The average molecular weight is 480 g/mol. The number of aromatic nitrogens is 1. The van der Waals surface area contributed by atoms with Gasteiger partial charge in [-0.25, -0.2) is 10.3 Å². The summed E-state index contributed by atoms with van der Waals surface area (Å²) in [5.74, 6) is 0.518. The van der Waals surface area contributed by atoms with Gasteiger partial charge in [-0.15, -0.1) is 0 Å². The minimum atomic E-state index is -0.539. The van der Waals surface area contributed by atoms with Crippen LogP contribution in [0.4, 0.5) is 5.82 Å². The number of nitroso groups, excluding NO2 is 1. The molecular formula is C25H31N6O4+. The predicted molar refractivity (Wildman–Crippen MR) is 130 cm³/mol. The molecule has 184 valence electrons. The number of ether oxygens (including phenoxy) is 1. The van der Waals surface area contributed by atoms with Gasteiger partial charge < -0.3 is 9.64 Å². The van der Waals surface area contributed by atoms with Crippen LogP contribution in [-0.2, 0) is 9.53 Å². The molecule has 0 bridgehead atoms. The van der Waals surface area contributed by atoms with Gasteiger partial charge in [0, 0.05) is 43.0 Å². The maximum absolute atomic E-state index is 13.6. The molecule has 35 heavy (non-hydrogen) atoms. The molecule has 0 aromatic carbocycles. The number of rotatable bonds is 4. The fourth-order valence-corrected chi connectivity index (χ4v) is 5.35. The van der Waals surface area contributed by atoms with Crippen LogP contribution in [0.2, 0.25) is 0 Å². The third-order valence-corrected chi connectivity index (χ3v) is 7.34. The Morgan fingerprint density at radius 1 is 1.17 bits per heavy atom. The van der Waals surface area contributed by atoms with E-state index >= 15 is 0 Å². The number of Topliss-reactive ketones (excluding diaryl/α,β-unsaturated/α-hetero) is 1. The molecule has 2 fully saturated rings. The lowest BCUT2D eigenvalue weighted by molar-refractivity contribution is -0.500. The maximum Gasteiger partial charge on any atom is 0.435 e. The quantitative estimate of drug-likeness (QED) is 0.661. The zero-order chi connectivity index (χ0) is 24.5. The molecule has 1 aliphatic carbocycles. The van der Waals surface area contributed by atoms with Crippen molar-refractivity contribution in [2.45, 2.75) is 51.7 Å². The van der Waals surface area contributed by atoms with Crippen molar-refractivity contribution >= 4 is 23.5 Å². The number of amides is 1. The molecular weight excluding hydrogens is 448 g/mol. The molecule has 1 unspecified atom stereocenters. The van der Waals surface area contributed by atoms with Gasteiger partial charge in [-0.2, -0.15) is 0 Å². The number of anilines is 1. The van der Waals surface area contributed by atoms with Crippen LogP contribution >= 0.6 is 0 Å². The SMILES string of the molecule is CC(=O)C1=C(C)C2=CN=C(Nc3ccc(C(=O)N4CCOCC4)cn3)[N+](=O)C2N(C2CCCC2)C1. The van der Waals surface area contributed by atoms with Crippen molar-refractivity contribution in [3.8, 4) is 0 Å². The number of hydrogen-bond acceptors (Lipinski definition) is 8. The van der Waals surface area contributed by atoms with E-state index < -0.39 is 6.17 Å². The Hall–Kier alpha value is -3.24. The van der Waals surface area contributed by atoms with Crippen LogP contribution < -0.4 is 5.32 Å². The molecule has 1 aromatic heterocycles. The third-order valence-electron chi connectivity index (χ3n) is 7.34. The fraction of sp³-hybridized carbons (Fsp3) is 0.520. The number of fused-ring (bicyclic) bond motifs is 1. The summed E-state index contributed by atoms with van der Waals surface area (Å²) in [6, 6.07) is 3.63. The lowest BCUT2D eigenvalue weighted by atomic mass is 9.90. The molecule has 3 aliphatic heterocycles. The van der Waals surface area contributed by atoms with Gasteiger partial charge in [0.2, 0.25) is 6.17 Å². The highest BCUT2D eigenvalue weighted by molar-refractivity contribution is 5.96. The molecule has 4 heterocycles. The number of ketones is 1. The van der Waals surface area contributed by atoms with Gasteiger partial charge in [0.15, 0.2) is 11.6 Å². The first-order valence-corrected chi connectivity index (χ1v) is 12.2. The second-order valence-electron chi connectivity index (χ2n) is 9.47. The van der Waals surface area contributed by atoms with Crippen LogP contribution in [0.15, 0.2) is 46.2 Å². The normalized spacial score (nSPS) is 23.7. The number of carbonyl (C=O) groups is 2. The molecule has 1 amide bonds. The lowest BCUT2D eigenvalue weighted by Gasteiger charge is -2.40. The summed E-state index contributed by atoms with van der Waals surface area (Å²) in [4.78, 5) is 51.2. The van der Waals surface area contributed by atoms with Crippen molar-refractivity contribution in [2.75, 3.05) is 38.2 Å². The van der Waals surface area contributed by atoms with E-state index in [1.807, 2.05) is 6.92 Å². The molecule has 1 aromatic rings. The molecule has 10 heteroatoms. The zero-order valence-electron chi connectivity index (χ0n) is 20.2. The molecule has 10 nitrogen and oxygen atoms in total. The highest BCUT2D eigenvalue weighted by Gasteiger charge is 2.46. The average Bonchev–Trinajstić information content (AvgIpc) is 3.41. The minimum Gasteiger partial charge on any atom is -0.378 e. The van der Waals surface area contributed by atoms with Crippen molar-refractivity contribution in [1.29, 1.82) is 0 Å². The topological polar surface area (TPSA) is 107 Å². The van der Waals surface area contributed by atoms with Gasteiger partial charge in [0.1, 0.15) is 6.20 Å². The van der Waals surface area contributed by atoms with E-state index in [4.69, 9.17) is 4.74 Å². The highest BCUT2D eigenvalue weighted by Crippen LogP contribution is 2.36. The second-order valence-corrected chi connectivity index (χ2v) is 9.47. The first-order valence-electron chi connectivity index (χ1n) is 12.2. The van der Waals surface area contributed by atoms with E-state index in [1.165, 1.54) is 6.20 Å². The summed E-state index contributed by atoms with van der Waals surface area (Å²) < 4.78 is 6.20. The highest BCUT2D eigenvalue weighted by atomic mass is 16.5. The van der Waals surface area contributed by atoms with Crippen LogP contribution in [0.3, 0.4) is 0 Å². The minimum absolute atomic E-state index is 0.0334. The summed E-state index contributed by atoms with van der Waals surface area (Å²) in [5.41, 5.74) is 2.85. The van der Waals surface area contributed by atoms with Crippen molar-refractivity contribution < 1.29 is 19.1 Å². The molecule has 5 rings (SSSR count).